The third kappa shape index (κ3) is 7.94. The molecule has 0 unspecified atom stereocenters. The minimum atomic E-state index is -1.94. The first-order valence-corrected chi connectivity index (χ1v) is 20.0. The van der Waals surface area contributed by atoms with Crippen LogP contribution in [-0.2, 0) is 23.8 Å². The number of carbonyl (C=O) groups excluding carboxylic acids is 3. The average Bonchev–Trinajstić information content (AvgIpc) is 3.72. The lowest BCUT2D eigenvalue weighted by Crippen LogP contribution is -2.46. The summed E-state index contributed by atoms with van der Waals surface area (Å²) in [6, 6.07) is 0. The summed E-state index contributed by atoms with van der Waals surface area (Å²) in [4.78, 5) is 47.5. The van der Waals surface area contributed by atoms with E-state index in [1.165, 1.54) is 38.6 Å². The molecule has 9 atom stereocenters. The van der Waals surface area contributed by atoms with Crippen LogP contribution in [0.1, 0.15) is 78.2 Å². The van der Waals surface area contributed by atoms with Gasteiger partial charge in [-0.05, 0) is 33.8 Å². The number of benzene rings is 2. The molecule has 15 heteroatoms. The van der Waals surface area contributed by atoms with Crippen molar-refractivity contribution in [2.24, 2.45) is 23.7 Å². The second-order valence-corrected chi connectivity index (χ2v) is 16.2. The van der Waals surface area contributed by atoms with Gasteiger partial charge in [-0.1, -0.05) is 57.3 Å². The molecule has 5 rings (SSSR count). The van der Waals surface area contributed by atoms with Gasteiger partial charge in [-0.15, -0.1) is 0 Å². The molecule has 2 aliphatic rings. The van der Waals surface area contributed by atoms with Gasteiger partial charge in [0.25, 0.3) is 11.7 Å². The van der Waals surface area contributed by atoms with Gasteiger partial charge >= 0.3 is 11.8 Å². The van der Waals surface area contributed by atoms with Crippen LogP contribution in [0.25, 0.3) is 21.0 Å². The maximum absolute atomic E-state index is 14.5. The van der Waals surface area contributed by atoms with Crippen LogP contribution >= 0.6 is 11.3 Å². The van der Waals surface area contributed by atoms with Crippen molar-refractivity contribution >= 4 is 60.8 Å². The molecular formula is C42H55N3O11S. The number of Topliss-reactive ketones (excluding diaryl/α,β-unsaturated/α-hetero) is 1. The number of aromatic nitrogens is 1. The first kappa shape index (κ1) is 43.4. The molecule has 3 heterocycles. The first-order chi connectivity index (χ1) is 26.8. The summed E-state index contributed by atoms with van der Waals surface area (Å²) in [5.41, 5.74) is 0.740. The van der Waals surface area contributed by atoms with Crippen LogP contribution in [0.5, 0.6) is 17.2 Å². The lowest BCUT2D eigenvalue weighted by molar-refractivity contribution is -0.160. The number of rotatable bonds is 5. The van der Waals surface area contributed by atoms with Crippen LogP contribution in [0.3, 0.4) is 0 Å². The Morgan fingerprint density at radius 2 is 1.67 bits per heavy atom. The molecule has 1 aromatic heterocycles. The van der Waals surface area contributed by atoms with Crippen molar-refractivity contribution in [1.29, 1.82) is 0 Å². The maximum atomic E-state index is 14.5. The molecule has 0 radical (unpaired) electrons. The summed E-state index contributed by atoms with van der Waals surface area (Å²) < 4.78 is 24.2. The highest BCUT2D eigenvalue weighted by atomic mass is 32.1. The van der Waals surface area contributed by atoms with Crippen molar-refractivity contribution in [3.63, 3.8) is 0 Å². The normalized spacial score (nSPS) is 29.2. The van der Waals surface area contributed by atoms with Crippen LogP contribution in [-0.4, -0.2) is 93.5 Å². The molecule has 310 valence electrons. The maximum Gasteiger partial charge on any atom is 0.312 e. The second-order valence-electron chi connectivity index (χ2n) is 15.2. The number of methoxy groups -OCH3 is 1. The summed E-state index contributed by atoms with van der Waals surface area (Å²) in [5, 5.41) is 49.9. The number of esters is 1. The Hall–Kier alpha value is -4.70. The number of ether oxygens (including phenoxy) is 4. The van der Waals surface area contributed by atoms with Gasteiger partial charge in [-0.25, -0.2) is 4.98 Å². The van der Waals surface area contributed by atoms with E-state index >= 15 is 0 Å². The predicted molar refractivity (Wildman–Crippen MR) is 219 cm³/mol. The van der Waals surface area contributed by atoms with Gasteiger partial charge in [0.15, 0.2) is 10.9 Å². The number of anilines is 2. The zero-order valence-corrected chi connectivity index (χ0v) is 35.2. The number of hydrogen-bond donors (Lipinski definition) is 5. The fourth-order valence-corrected chi connectivity index (χ4v) is 8.94. The molecule has 0 spiro atoms. The fraction of sp³-hybridized carbons (Fsp3) is 0.524. The molecule has 0 saturated carbocycles. The highest BCUT2D eigenvalue weighted by molar-refractivity contribution is 7.23. The number of nitrogens with zero attached hydrogens (tertiary/aromatic N) is 2. The van der Waals surface area contributed by atoms with E-state index in [1.807, 2.05) is 18.7 Å². The SMILES string of the molecule is CCN(CC)c1nc2c(s1)c1c(O)c3c(O)c(C)c4c(c32)C(=O)[C@@](C)(O/C=C/[C@H](OC)[C@@H](C)[C@@H](OC(C)=O)[C@H](C)[C@H](O)[C@H](C)[C@@H](O)[C@@H](C)C=CC=C(C)C(=O)N1)O4. The second kappa shape index (κ2) is 17.0. The topological polar surface area (TPSA) is 197 Å². The summed E-state index contributed by atoms with van der Waals surface area (Å²) in [6.07, 6.45) is 3.95. The third-order valence-corrected chi connectivity index (χ3v) is 12.5. The third-order valence-electron chi connectivity index (χ3n) is 11.4. The molecule has 14 nitrogen and oxygen atoms in total. The van der Waals surface area contributed by atoms with E-state index in [4.69, 9.17) is 23.9 Å². The minimum Gasteiger partial charge on any atom is -0.507 e. The van der Waals surface area contributed by atoms with Crippen LogP contribution in [0, 0.1) is 30.6 Å². The van der Waals surface area contributed by atoms with Gasteiger partial charge in [0.05, 0.1) is 45.7 Å². The summed E-state index contributed by atoms with van der Waals surface area (Å²) in [5.74, 6) is -6.80. The molecule has 2 aromatic carbocycles. The molecule has 2 aliphatic heterocycles. The van der Waals surface area contributed by atoms with Gasteiger partial charge in [0.1, 0.15) is 23.3 Å². The van der Waals surface area contributed by atoms with E-state index in [1.54, 1.807) is 65.8 Å². The Morgan fingerprint density at radius 3 is 2.28 bits per heavy atom. The van der Waals surface area contributed by atoms with Crippen LogP contribution < -0.4 is 15.0 Å². The van der Waals surface area contributed by atoms with Crippen molar-refractivity contribution in [1.82, 2.24) is 4.98 Å². The monoisotopic (exact) mass is 809 g/mol. The average molecular weight is 810 g/mol. The zero-order valence-electron chi connectivity index (χ0n) is 34.4. The van der Waals surface area contributed by atoms with E-state index in [-0.39, 0.29) is 50.2 Å². The number of fused-ring (bicyclic) bond motifs is 1. The molecule has 3 aromatic rings. The van der Waals surface area contributed by atoms with E-state index in [2.05, 4.69) is 5.32 Å². The standard InChI is InChI=1S/C42H55N3O11S/c1-12-45(13-2)41-44-30-27-28-34(49)24(8)37-29(27)39(51)42(10,56-37)54-18-17-26(53-11)21(5)36(55-25(9)46)23(7)33(48)22(6)32(47)19(3)15-14-16-20(4)40(52)43-31(35(28)50)38(30)57-41/h14-19,21-23,26,32-33,36,47-50H,12-13H2,1-11H3,(H,43,52)/b15-14?,18-17+,20-16?/t19-,21+,22+,23+,26-,32-,33+,36+,42-/m0/s1. The molecule has 0 aliphatic carbocycles. The number of aliphatic hydroxyl groups is 2. The van der Waals surface area contributed by atoms with Crippen molar-refractivity contribution in [2.45, 2.75) is 99.4 Å². The molecular weight excluding hydrogens is 755 g/mol. The number of carbonyl (C=O) groups is 3. The highest BCUT2D eigenvalue weighted by Crippen LogP contribution is 2.55. The first-order valence-electron chi connectivity index (χ1n) is 19.2. The van der Waals surface area contributed by atoms with Crippen LogP contribution in [0.4, 0.5) is 10.8 Å². The van der Waals surface area contributed by atoms with Crippen molar-refractivity contribution < 1.29 is 53.8 Å². The molecule has 1 amide bonds. The summed E-state index contributed by atoms with van der Waals surface area (Å²) >= 11 is 1.22. The van der Waals surface area contributed by atoms with Crippen LogP contribution in [0.15, 0.2) is 36.1 Å². The molecule has 5 N–H and O–H groups in total. The van der Waals surface area contributed by atoms with Gasteiger partial charge in [-0.3, -0.25) is 14.4 Å². The Labute approximate surface area is 336 Å². The van der Waals surface area contributed by atoms with Gasteiger partial charge in [0.2, 0.25) is 0 Å². The number of phenolic OH excluding ortho intramolecular Hbond substituents is 2. The number of phenols is 2. The highest BCUT2D eigenvalue weighted by Gasteiger charge is 2.50. The van der Waals surface area contributed by atoms with Crippen LogP contribution in [0.2, 0.25) is 0 Å². The van der Waals surface area contributed by atoms with E-state index in [9.17, 15) is 34.8 Å². The zero-order chi connectivity index (χ0) is 42.3. The largest absolute Gasteiger partial charge is 0.507 e. The van der Waals surface area contributed by atoms with E-state index in [0.717, 1.165) is 0 Å². The Balaban J connectivity index is 1.75. The number of hydrogen-bond acceptors (Lipinski definition) is 14. The fourth-order valence-electron chi connectivity index (χ4n) is 7.74. The van der Waals surface area contributed by atoms with Crippen molar-refractivity contribution in [3.05, 3.63) is 47.3 Å². The quantitative estimate of drug-likeness (QED) is 0.138. The van der Waals surface area contributed by atoms with Gasteiger partial charge in [-0.2, -0.15) is 0 Å². The minimum absolute atomic E-state index is 0.0139. The molecule has 0 saturated heterocycles. The number of amides is 1. The van der Waals surface area contributed by atoms with Crippen molar-refractivity contribution in [2.75, 3.05) is 30.4 Å². The number of aliphatic hydroxyl groups excluding tert-OH is 2. The Morgan fingerprint density at radius 1 is 1.00 bits per heavy atom. The smallest absolute Gasteiger partial charge is 0.312 e. The number of nitrogens with one attached hydrogen (secondary N) is 1. The lowest BCUT2D eigenvalue weighted by atomic mass is 9.78. The molecule has 57 heavy (non-hydrogen) atoms. The number of aromatic hydroxyl groups is 2. The number of ketones is 1. The molecule has 4 bridgehead atoms. The van der Waals surface area contributed by atoms with Gasteiger partial charge in [0, 0.05) is 74.2 Å². The Bertz CT molecular complexity index is 2140. The number of allylic oxidation sites excluding steroid dienone is 2. The lowest BCUT2D eigenvalue weighted by Gasteiger charge is -2.38. The predicted octanol–water partition coefficient (Wildman–Crippen LogP) is 6.50. The number of thiazole rings is 1. The van der Waals surface area contributed by atoms with E-state index in [0.29, 0.717) is 22.9 Å². The van der Waals surface area contributed by atoms with E-state index < -0.39 is 77.3 Å². The summed E-state index contributed by atoms with van der Waals surface area (Å²) in [7, 11) is 1.46. The molecule has 0 fully saturated rings. The Kier molecular flexibility index (Phi) is 13.0. The summed E-state index contributed by atoms with van der Waals surface area (Å²) in [6.45, 7) is 18.0. The van der Waals surface area contributed by atoms with Gasteiger partial charge < -0.3 is 49.6 Å². The van der Waals surface area contributed by atoms with Crippen molar-refractivity contribution in [3.8, 4) is 17.2 Å².